The maximum atomic E-state index is 13.6. The minimum absolute atomic E-state index is 0.0123. The predicted molar refractivity (Wildman–Crippen MR) is 209 cm³/mol. The van der Waals surface area contributed by atoms with Crippen LogP contribution in [0.3, 0.4) is 0 Å². The molecule has 0 spiro atoms. The zero-order chi connectivity index (χ0) is 40.9. The number of phenolic OH excluding ortho intramolecular Hbond substituents is 4. The monoisotopic (exact) mass is 758 g/mol. The zero-order valence-corrected chi connectivity index (χ0v) is 31.2. The van der Waals surface area contributed by atoms with Crippen LogP contribution in [0.15, 0.2) is 48.5 Å². The number of hydrogen-bond acceptors (Lipinski definition) is 14. The number of carbonyl (C=O) groups is 6. The van der Waals surface area contributed by atoms with Crippen molar-refractivity contribution in [2.24, 2.45) is 11.8 Å². The lowest BCUT2D eigenvalue weighted by atomic mass is 9.80. The largest absolute Gasteiger partial charge is 0.508 e. The van der Waals surface area contributed by atoms with Gasteiger partial charge in [0.2, 0.25) is 23.1 Å². The topological polar surface area (TPSA) is 231 Å². The number of nitrogens with one attached hydrogen (secondary N) is 4. The lowest BCUT2D eigenvalue weighted by molar-refractivity contribution is -0.130. The van der Waals surface area contributed by atoms with Crippen LogP contribution in [-0.4, -0.2) is 56.1 Å². The van der Waals surface area contributed by atoms with Gasteiger partial charge in [0.25, 0.3) is 0 Å². The Hall–Kier alpha value is -7.22. The van der Waals surface area contributed by atoms with Crippen LogP contribution in [0.2, 0.25) is 0 Å². The standard InChI is InChI=1S/C42H38N4O10/c1-17(2)27-33-31(25(15-47)37(51)41(27)55)39(53)29(19(5)35(33)45-43-21-9-7-11-23(49)13-21)30-20(6)36(46-44-22-10-8-12-24(50)14-22)34-28(18(3)4)42(56)38(52)26(16-48)32(34)40(30)54/h7-18,43-46,49-50,53-54H,1-6H3. The molecule has 2 aliphatic carbocycles. The lowest BCUT2D eigenvalue weighted by Crippen LogP contribution is -2.46. The van der Waals surface area contributed by atoms with Gasteiger partial charge in [0.15, 0.2) is 12.6 Å². The van der Waals surface area contributed by atoms with Gasteiger partial charge in [-0.15, -0.1) is 0 Å². The van der Waals surface area contributed by atoms with Gasteiger partial charge < -0.3 is 31.3 Å². The smallest absolute Gasteiger partial charge is 0.237 e. The van der Waals surface area contributed by atoms with E-state index in [9.17, 15) is 49.2 Å². The van der Waals surface area contributed by atoms with Crippen molar-refractivity contribution in [3.63, 3.8) is 0 Å². The van der Waals surface area contributed by atoms with E-state index in [4.69, 9.17) is 0 Å². The second-order valence-electron chi connectivity index (χ2n) is 14.1. The number of benzene rings is 4. The highest BCUT2D eigenvalue weighted by Gasteiger charge is 2.37. The zero-order valence-electron chi connectivity index (χ0n) is 31.2. The highest BCUT2D eigenvalue weighted by Crippen LogP contribution is 2.42. The fourth-order valence-corrected chi connectivity index (χ4v) is 7.41. The van der Waals surface area contributed by atoms with E-state index >= 15 is 0 Å². The SMILES string of the molecule is Cc1c(-c2c(C)c(NNc3cccc(O)c3)c3c(c2O)=C(C=O)C(=O)C(=O)C=3C(C)C)c(O)c2c(c1NNc1cccc(O)c1)=C(C(C)C)C(=O)C(=O)C=2C=O. The summed E-state index contributed by atoms with van der Waals surface area (Å²) in [5, 5.41) is 44.4. The molecule has 286 valence electrons. The average molecular weight is 759 g/mol. The molecule has 8 N–H and O–H groups in total. The molecule has 14 nitrogen and oxygen atoms in total. The molecular weight excluding hydrogens is 720 g/mol. The third kappa shape index (κ3) is 6.10. The van der Waals surface area contributed by atoms with E-state index in [0.29, 0.717) is 11.4 Å². The highest BCUT2D eigenvalue weighted by molar-refractivity contribution is 6.69. The molecule has 14 heteroatoms. The van der Waals surface area contributed by atoms with Gasteiger partial charge in [0.05, 0.1) is 33.9 Å². The molecule has 0 saturated heterocycles. The molecule has 2 aliphatic rings. The fourth-order valence-electron chi connectivity index (χ4n) is 7.41. The average Bonchev–Trinajstić information content (AvgIpc) is 3.14. The second kappa shape index (κ2) is 14.5. The molecule has 0 bridgehead atoms. The number of ketones is 4. The van der Waals surface area contributed by atoms with Crippen LogP contribution in [0.25, 0.3) is 33.4 Å². The molecule has 0 aliphatic heterocycles. The summed E-state index contributed by atoms with van der Waals surface area (Å²) in [6.45, 7) is 9.75. The van der Waals surface area contributed by atoms with Crippen molar-refractivity contribution >= 4 is 80.7 Å². The third-order valence-corrected chi connectivity index (χ3v) is 9.91. The molecule has 0 saturated carbocycles. The van der Waals surface area contributed by atoms with Gasteiger partial charge in [-0.25, -0.2) is 0 Å². The molecule has 0 radical (unpaired) electrons. The van der Waals surface area contributed by atoms with Crippen molar-refractivity contribution in [1.29, 1.82) is 0 Å². The van der Waals surface area contributed by atoms with Crippen LogP contribution < -0.4 is 42.6 Å². The Labute approximate surface area is 319 Å². The fraction of sp³-hybridized carbons (Fsp3) is 0.190. The molecule has 6 rings (SSSR count). The van der Waals surface area contributed by atoms with Crippen molar-refractivity contribution in [2.45, 2.75) is 41.5 Å². The van der Waals surface area contributed by atoms with E-state index in [1.165, 1.54) is 24.3 Å². The maximum absolute atomic E-state index is 13.6. The Balaban J connectivity index is 1.84. The van der Waals surface area contributed by atoms with Gasteiger partial charge >= 0.3 is 0 Å². The van der Waals surface area contributed by atoms with Crippen molar-refractivity contribution in [2.75, 3.05) is 21.7 Å². The number of phenols is 4. The van der Waals surface area contributed by atoms with E-state index in [1.807, 2.05) is 0 Å². The van der Waals surface area contributed by atoms with Gasteiger partial charge in [-0.2, -0.15) is 0 Å². The first-order valence-corrected chi connectivity index (χ1v) is 17.5. The summed E-state index contributed by atoms with van der Waals surface area (Å²) in [6, 6.07) is 12.1. The molecule has 56 heavy (non-hydrogen) atoms. The summed E-state index contributed by atoms with van der Waals surface area (Å²) >= 11 is 0. The van der Waals surface area contributed by atoms with Crippen LogP contribution >= 0.6 is 0 Å². The lowest BCUT2D eigenvalue weighted by Gasteiger charge is -2.27. The summed E-state index contributed by atoms with van der Waals surface area (Å²) in [6.07, 6.45) is 0.333. The van der Waals surface area contributed by atoms with E-state index in [1.54, 1.807) is 65.8 Å². The second-order valence-corrected chi connectivity index (χ2v) is 14.1. The van der Waals surface area contributed by atoms with Crippen LogP contribution in [0, 0.1) is 25.7 Å². The first kappa shape index (κ1) is 38.5. The van der Waals surface area contributed by atoms with Gasteiger partial charge in [-0.3, -0.25) is 39.6 Å². The minimum atomic E-state index is -1.16. The quantitative estimate of drug-likeness (QED) is 0.0475. The minimum Gasteiger partial charge on any atom is -0.508 e. The molecule has 0 fully saturated rings. The van der Waals surface area contributed by atoms with E-state index in [2.05, 4.69) is 21.7 Å². The van der Waals surface area contributed by atoms with Gasteiger partial charge in [-0.1, -0.05) is 39.8 Å². The van der Waals surface area contributed by atoms with Gasteiger partial charge in [0.1, 0.15) is 23.0 Å². The molecular formula is C42H38N4O10. The van der Waals surface area contributed by atoms with Gasteiger partial charge in [0, 0.05) is 55.3 Å². The van der Waals surface area contributed by atoms with E-state index in [0.717, 1.165) is 0 Å². The Kier molecular flexibility index (Phi) is 10.0. The molecule has 0 aromatic heterocycles. The third-order valence-electron chi connectivity index (χ3n) is 9.91. The number of aldehydes is 2. The highest BCUT2D eigenvalue weighted by atomic mass is 16.3. The Morgan fingerprint density at radius 3 is 1.18 bits per heavy atom. The van der Waals surface area contributed by atoms with Crippen LogP contribution in [0.1, 0.15) is 38.8 Å². The Morgan fingerprint density at radius 1 is 0.518 bits per heavy atom. The summed E-state index contributed by atoms with van der Waals surface area (Å²) in [5.74, 6) is -6.92. The summed E-state index contributed by atoms with van der Waals surface area (Å²) in [5.41, 5.74) is 11.6. The number of hydrazine groups is 2. The number of rotatable bonds is 11. The van der Waals surface area contributed by atoms with Crippen molar-refractivity contribution in [3.8, 4) is 34.1 Å². The van der Waals surface area contributed by atoms with Crippen LogP contribution in [-0.2, 0) is 28.8 Å². The maximum Gasteiger partial charge on any atom is 0.237 e. The molecule has 4 aromatic rings. The molecule has 0 amide bonds. The van der Waals surface area contributed by atoms with Crippen molar-refractivity contribution in [3.05, 3.63) is 80.5 Å². The summed E-state index contributed by atoms with van der Waals surface area (Å²) < 4.78 is 0. The molecule has 0 atom stereocenters. The number of aromatic hydroxyl groups is 4. The molecule has 0 heterocycles. The summed E-state index contributed by atoms with van der Waals surface area (Å²) in [7, 11) is 0. The Bertz CT molecular complexity index is 2540. The van der Waals surface area contributed by atoms with Crippen LogP contribution in [0.5, 0.6) is 23.0 Å². The van der Waals surface area contributed by atoms with Crippen LogP contribution in [0.4, 0.5) is 22.7 Å². The first-order chi connectivity index (χ1) is 26.5. The number of anilines is 4. The van der Waals surface area contributed by atoms with Crippen molar-refractivity contribution < 1.29 is 49.2 Å². The van der Waals surface area contributed by atoms with E-state index in [-0.39, 0.29) is 89.7 Å². The molecule has 4 aromatic carbocycles. The first-order valence-electron chi connectivity index (χ1n) is 17.5. The van der Waals surface area contributed by atoms with Gasteiger partial charge in [-0.05, 0) is 61.1 Å². The molecule has 0 unspecified atom stereocenters. The number of fused-ring (bicyclic) bond motifs is 2. The summed E-state index contributed by atoms with van der Waals surface area (Å²) in [4.78, 5) is 79.5. The Morgan fingerprint density at radius 2 is 0.875 bits per heavy atom. The normalized spacial score (nSPS) is 13.9. The van der Waals surface area contributed by atoms with E-state index < -0.39 is 57.6 Å². The number of hydrogen-bond donors (Lipinski definition) is 8. The number of carbonyl (C=O) groups excluding carboxylic acids is 6. The van der Waals surface area contributed by atoms with Crippen molar-refractivity contribution in [1.82, 2.24) is 0 Å². The predicted octanol–water partition coefficient (Wildman–Crippen LogP) is 2.29. The number of Topliss-reactive ketones (excluding diaryl/α,β-unsaturated/α-hetero) is 4.